The Balaban J connectivity index is 4.14. The fourth-order valence-electron chi connectivity index (χ4n) is 1.59. The summed E-state index contributed by atoms with van der Waals surface area (Å²) < 4.78 is 8.78. The molecule has 0 aliphatic rings. The lowest BCUT2D eigenvalue weighted by atomic mass is 10.2. The van der Waals surface area contributed by atoms with E-state index >= 15 is 0 Å². The van der Waals surface area contributed by atoms with E-state index in [-0.39, 0.29) is 19.3 Å². The fraction of sp³-hybridized carbons (Fsp3) is 0.692. The van der Waals surface area contributed by atoms with Gasteiger partial charge in [-0.1, -0.05) is 0 Å². The largest absolute Gasteiger partial charge is 0.467 e. The summed E-state index contributed by atoms with van der Waals surface area (Å²) >= 11 is 0. The molecular weight excluding hydrogens is 312 g/mol. The maximum absolute atomic E-state index is 11.6. The molecule has 0 aliphatic heterocycles. The van der Waals surface area contributed by atoms with Gasteiger partial charge >= 0.3 is 11.9 Å². The number of methoxy groups -OCH3 is 2. The number of esters is 2. The van der Waals surface area contributed by atoms with Crippen LogP contribution in [-0.4, -0.2) is 73.5 Å². The zero-order valence-corrected chi connectivity index (χ0v) is 13.0. The second-order valence-electron chi connectivity index (χ2n) is 4.51. The SMILES string of the molecule is COC(=O)[C@@H](CO)NC(=O)CCCC(=O)N[C@H](CO)C(=O)OC. The first kappa shape index (κ1) is 20.8. The standard InChI is InChI=1S/C13H22N2O8/c1-22-12(20)8(6-16)14-10(18)4-3-5-11(19)15-9(7-17)13(21)23-2/h8-9,16-17H,3-7H2,1-2H3,(H,14,18)(H,15,19)/t8-,9-/m1/s1. The Labute approximate surface area is 133 Å². The highest BCUT2D eigenvalue weighted by molar-refractivity contribution is 5.86. The number of aliphatic hydroxyl groups excluding tert-OH is 2. The Hall–Kier alpha value is -2.20. The van der Waals surface area contributed by atoms with Crippen molar-refractivity contribution in [3.05, 3.63) is 0 Å². The van der Waals surface area contributed by atoms with Gasteiger partial charge in [-0.15, -0.1) is 0 Å². The minimum Gasteiger partial charge on any atom is -0.467 e. The van der Waals surface area contributed by atoms with Crippen molar-refractivity contribution in [3.8, 4) is 0 Å². The Morgan fingerprint density at radius 1 is 0.826 bits per heavy atom. The van der Waals surface area contributed by atoms with Crippen molar-refractivity contribution in [2.45, 2.75) is 31.3 Å². The number of nitrogens with one attached hydrogen (secondary N) is 2. The summed E-state index contributed by atoms with van der Waals surface area (Å²) in [5, 5.41) is 22.4. The molecule has 10 heteroatoms. The summed E-state index contributed by atoms with van der Waals surface area (Å²) in [5.41, 5.74) is 0. The summed E-state index contributed by atoms with van der Waals surface area (Å²) in [6.07, 6.45) is 0.0160. The molecule has 2 amide bonds. The molecule has 2 atom stereocenters. The van der Waals surface area contributed by atoms with E-state index in [4.69, 9.17) is 10.2 Å². The third-order valence-electron chi connectivity index (χ3n) is 2.81. The Morgan fingerprint density at radius 3 is 1.43 bits per heavy atom. The van der Waals surface area contributed by atoms with Crippen LogP contribution in [0.4, 0.5) is 0 Å². The van der Waals surface area contributed by atoms with Crippen LogP contribution in [0.25, 0.3) is 0 Å². The number of ether oxygens (including phenoxy) is 2. The maximum Gasteiger partial charge on any atom is 0.330 e. The number of hydrogen-bond donors (Lipinski definition) is 4. The van der Waals surface area contributed by atoms with Crippen molar-refractivity contribution in [1.29, 1.82) is 0 Å². The van der Waals surface area contributed by atoms with Crippen LogP contribution >= 0.6 is 0 Å². The molecule has 0 radical (unpaired) electrons. The van der Waals surface area contributed by atoms with Crippen LogP contribution in [0.5, 0.6) is 0 Å². The molecule has 23 heavy (non-hydrogen) atoms. The van der Waals surface area contributed by atoms with E-state index in [1.54, 1.807) is 0 Å². The molecule has 0 rings (SSSR count). The summed E-state index contributed by atoms with van der Waals surface area (Å²) in [6.45, 7) is -1.20. The molecule has 10 nitrogen and oxygen atoms in total. The number of aliphatic hydroxyl groups is 2. The lowest BCUT2D eigenvalue weighted by Crippen LogP contribution is -2.44. The normalized spacial score (nSPS) is 12.7. The van der Waals surface area contributed by atoms with E-state index in [9.17, 15) is 19.2 Å². The first-order valence-electron chi connectivity index (χ1n) is 6.85. The van der Waals surface area contributed by atoms with Crippen molar-refractivity contribution in [2.24, 2.45) is 0 Å². The van der Waals surface area contributed by atoms with Crippen LogP contribution in [-0.2, 0) is 28.7 Å². The van der Waals surface area contributed by atoms with Crippen molar-refractivity contribution in [1.82, 2.24) is 10.6 Å². The van der Waals surface area contributed by atoms with E-state index in [1.807, 2.05) is 0 Å². The summed E-state index contributed by atoms with van der Waals surface area (Å²) in [6, 6.07) is -2.31. The highest BCUT2D eigenvalue weighted by atomic mass is 16.5. The van der Waals surface area contributed by atoms with E-state index in [0.29, 0.717) is 0 Å². The van der Waals surface area contributed by atoms with Gasteiger partial charge in [-0.2, -0.15) is 0 Å². The van der Waals surface area contributed by atoms with Crippen molar-refractivity contribution >= 4 is 23.8 Å². The molecule has 0 heterocycles. The minimum absolute atomic E-state index is 0.0665. The van der Waals surface area contributed by atoms with Gasteiger partial charge in [0, 0.05) is 12.8 Å². The first-order valence-corrected chi connectivity index (χ1v) is 6.85. The average molecular weight is 334 g/mol. The molecule has 4 N–H and O–H groups in total. The number of carbonyl (C=O) groups is 4. The molecule has 0 spiro atoms. The molecule has 0 saturated carbocycles. The molecule has 0 unspecified atom stereocenters. The van der Waals surface area contributed by atoms with Crippen LogP contribution < -0.4 is 10.6 Å². The fourth-order valence-corrected chi connectivity index (χ4v) is 1.59. The zero-order valence-electron chi connectivity index (χ0n) is 13.0. The Morgan fingerprint density at radius 2 is 1.17 bits per heavy atom. The van der Waals surface area contributed by atoms with E-state index in [0.717, 1.165) is 14.2 Å². The van der Waals surface area contributed by atoms with Crippen LogP contribution in [0.15, 0.2) is 0 Å². The summed E-state index contributed by atoms with van der Waals surface area (Å²) in [4.78, 5) is 45.5. The second kappa shape index (κ2) is 11.4. The third-order valence-corrected chi connectivity index (χ3v) is 2.81. The number of carbonyl (C=O) groups excluding carboxylic acids is 4. The minimum atomic E-state index is -1.15. The van der Waals surface area contributed by atoms with Gasteiger partial charge in [0.2, 0.25) is 11.8 Å². The molecule has 0 saturated heterocycles. The molecule has 0 fully saturated rings. The van der Waals surface area contributed by atoms with Crippen LogP contribution in [0, 0.1) is 0 Å². The van der Waals surface area contributed by atoms with Gasteiger partial charge in [-0.3, -0.25) is 9.59 Å². The van der Waals surface area contributed by atoms with Gasteiger partial charge in [0.25, 0.3) is 0 Å². The Kier molecular flexibility index (Phi) is 10.3. The van der Waals surface area contributed by atoms with Gasteiger partial charge in [-0.05, 0) is 6.42 Å². The van der Waals surface area contributed by atoms with Crippen LogP contribution in [0.3, 0.4) is 0 Å². The molecule has 0 bridgehead atoms. The van der Waals surface area contributed by atoms with E-state index in [2.05, 4.69) is 20.1 Å². The predicted octanol–water partition coefficient (Wildman–Crippen LogP) is -2.54. The lowest BCUT2D eigenvalue weighted by molar-refractivity contribution is -0.146. The van der Waals surface area contributed by atoms with E-state index in [1.165, 1.54) is 0 Å². The summed E-state index contributed by atoms with van der Waals surface area (Å²) in [7, 11) is 2.25. The summed E-state index contributed by atoms with van der Waals surface area (Å²) in [5.74, 6) is -2.62. The third kappa shape index (κ3) is 8.12. The molecule has 0 aromatic heterocycles. The molecule has 132 valence electrons. The molecule has 0 aromatic carbocycles. The van der Waals surface area contributed by atoms with Crippen molar-refractivity contribution in [3.63, 3.8) is 0 Å². The average Bonchev–Trinajstić information content (AvgIpc) is 2.55. The molecular formula is C13H22N2O8. The lowest BCUT2D eigenvalue weighted by Gasteiger charge is -2.14. The van der Waals surface area contributed by atoms with Crippen molar-refractivity contribution < 1.29 is 38.9 Å². The number of amides is 2. The first-order chi connectivity index (χ1) is 10.9. The molecule has 0 aliphatic carbocycles. The highest BCUT2D eigenvalue weighted by Gasteiger charge is 2.22. The van der Waals surface area contributed by atoms with Crippen LogP contribution in [0.1, 0.15) is 19.3 Å². The number of hydrogen-bond acceptors (Lipinski definition) is 8. The quantitative estimate of drug-likeness (QED) is 0.319. The predicted molar refractivity (Wildman–Crippen MR) is 75.9 cm³/mol. The number of rotatable bonds is 10. The molecule has 0 aromatic rings. The highest BCUT2D eigenvalue weighted by Crippen LogP contribution is 1.98. The monoisotopic (exact) mass is 334 g/mol. The topological polar surface area (TPSA) is 151 Å². The van der Waals surface area contributed by atoms with Crippen molar-refractivity contribution in [2.75, 3.05) is 27.4 Å². The van der Waals surface area contributed by atoms with Gasteiger partial charge in [0.05, 0.1) is 27.4 Å². The van der Waals surface area contributed by atoms with Gasteiger partial charge in [-0.25, -0.2) is 9.59 Å². The maximum atomic E-state index is 11.6. The second-order valence-corrected chi connectivity index (χ2v) is 4.51. The van der Waals surface area contributed by atoms with Crippen LogP contribution in [0.2, 0.25) is 0 Å². The smallest absolute Gasteiger partial charge is 0.330 e. The van der Waals surface area contributed by atoms with E-state index < -0.39 is 49.1 Å². The van der Waals surface area contributed by atoms with Gasteiger partial charge in [0.15, 0.2) is 12.1 Å². The Bertz CT molecular complexity index is 388. The zero-order chi connectivity index (χ0) is 17.8. The van der Waals surface area contributed by atoms with Gasteiger partial charge in [0.1, 0.15) is 0 Å². The van der Waals surface area contributed by atoms with Gasteiger partial charge < -0.3 is 30.3 Å².